The van der Waals surface area contributed by atoms with E-state index in [0.29, 0.717) is 24.5 Å². The summed E-state index contributed by atoms with van der Waals surface area (Å²) in [5.74, 6) is 0.153. The van der Waals surface area contributed by atoms with Gasteiger partial charge in [0.15, 0.2) is 0 Å². The number of hydrogen-bond acceptors (Lipinski definition) is 5. The molecule has 0 bridgehead atoms. The number of sulfonamides is 1. The second-order valence-electron chi connectivity index (χ2n) is 6.68. The molecule has 0 spiro atoms. The lowest BCUT2D eigenvalue weighted by Gasteiger charge is -2.33. The van der Waals surface area contributed by atoms with Crippen LogP contribution >= 0.6 is 0 Å². The predicted molar refractivity (Wildman–Crippen MR) is 103 cm³/mol. The molecule has 0 aliphatic carbocycles. The van der Waals surface area contributed by atoms with Crippen molar-refractivity contribution in [2.75, 3.05) is 31.5 Å². The fraction of sp³-hybridized carbons (Fsp3) is 0.389. The van der Waals surface area contributed by atoms with Crippen molar-refractivity contribution in [1.82, 2.24) is 19.0 Å². The molecule has 0 saturated carbocycles. The highest BCUT2D eigenvalue weighted by Crippen LogP contribution is 2.19. The first-order chi connectivity index (χ1) is 13.2. The second-order valence-corrected chi connectivity index (χ2v) is 8.62. The van der Waals surface area contributed by atoms with Gasteiger partial charge >= 0.3 is 0 Å². The third-order valence-electron chi connectivity index (χ3n) is 4.68. The first kappa shape index (κ1) is 20.0. The van der Waals surface area contributed by atoms with Gasteiger partial charge in [-0.2, -0.15) is 9.40 Å². The zero-order chi connectivity index (χ0) is 20.5. The van der Waals surface area contributed by atoms with Crippen molar-refractivity contribution < 1.29 is 18.0 Å². The maximum Gasteiger partial charge on any atom is 0.256 e. The maximum absolute atomic E-state index is 12.8. The third kappa shape index (κ3) is 4.07. The molecule has 1 aliphatic heterocycles. The SMILES string of the molecule is CC(=O)N1CCN(S(=O)(=O)c2ccc(C(=O)Nc3cc(C)nn3C)cc2)CC1. The molecule has 9 nitrogen and oxygen atoms in total. The number of aromatic nitrogens is 2. The van der Waals surface area contributed by atoms with Crippen LogP contribution in [-0.4, -0.2) is 65.4 Å². The number of amides is 2. The zero-order valence-corrected chi connectivity index (χ0v) is 16.9. The summed E-state index contributed by atoms with van der Waals surface area (Å²) in [7, 11) is -1.94. The van der Waals surface area contributed by atoms with Gasteiger partial charge in [0.25, 0.3) is 5.91 Å². The van der Waals surface area contributed by atoms with Gasteiger partial charge in [-0.25, -0.2) is 8.42 Å². The molecule has 3 rings (SSSR count). The number of carbonyl (C=O) groups is 2. The fourth-order valence-electron chi connectivity index (χ4n) is 3.09. The van der Waals surface area contributed by atoms with Gasteiger partial charge < -0.3 is 10.2 Å². The van der Waals surface area contributed by atoms with E-state index in [4.69, 9.17) is 0 Å². The van der Waals surface area contributed by atoms with E-state index in [9.17, 15) is 18.0 Å². The quantitative estimate of drug-likeness (QED) is 0.811. The number of nitrogens with one attached hydrogen (secondary N) is 1. The number of piperazine rings is 1. The minimum Gasteiger partial charge on any atom is -0.340 e. The molecule has 2 amide bonds. The van der Waals surface area contributed by atoms with Gasteiger partial charge in [-0.1, -0.05) is 0 Å². The van der Waals surface area contributed by atoms with Crippen LogP contribution in [0.5, 0.6) is 0 Å². The van der Waals surface area contributed by atoms with E-state index in [1.807, 2.05) is 6.92 Å². The minimum atomic E-state index is -3.67. The summed E-state index contributed by atoms with van der Waals surface area (Å²) in [6, 6.07) is 7.57. The average molecular weight is 405 g/mol. The summed E-state index contributed by atoms with van der Waals surface area (Å²) in [6.07, 6.45) is 0. The highest BCUT2D eigenvalue weighted by Gasteiger charge is 2.29. The van der Waals surface area contributed by atoms with Crippen LogP contribution in [0.2, 0.25) is 0 Å². The molecular weight excluding hydrogens is 382 g/mol. The number of aryl methyl sites for hydroxylation is 2. The molecule has 28 heavy (non-hydrogen) atoms. The Hall–Kier alpha value is -2.72. The van der Waals surface area contributed by atoms with Gasteiger partial charge in [-0.3, -0.25) is 14.3 Å². The summed E-state index contributed by atoms with van der Waals surface area (Å²) in [4.78, 5) is 25.5. The van der Waals surface area contributed by atoms with E-state index in [1.165, 1.54) is 35.5 Å². The van der Waals surface area contributed by atoms with Crippen molar-refractivity contribution >= 4 is 27.7 Å². The second kappa shape index (κ2) is 7.72. The monoisotopic (exact) mass is 405 g/mol. The Bertz CT molecular complexity index is 989. The number of hydrogen-bond donors (Lipinski definition) is 1. The van der Waals surface area contributed by atoms with Crippen molar-refractivity contribution in [2.24, 2.45) is 7.05 Å². The van der Waals surface area contributed by atoms with E-state index in [1.54, 1.807) is 22.7 Å². The molecule has 2 heterocycles. The van der Waals surface area contributed by atoms with Crippen molar-refractivity contribution in [3.8, 4) is 0 Å². The number of anilines is 1. The number of rotatable bonds is 4. The normalized spacial score (nSPS) is 15.5. The molecular formula is C18H23N5O4S. The molecule has 1 N–H and O–H groups in total. The lowest BCUT2D eigenvalue weighted by atomic mass is 10.2. The van der Waals surface area contributed by atoms with E-state index in [-0.39, 0.29) is 29.8 Å². The molecule has 0 unspecified atom stereocenters. The van der Waals surface area contributed by atoms with E-state index >= 15 is 0 Å². The van der Waals surface area contributed by atoms with Crippen LogP contribution in [0.4, 0.5) is 5.82 Å². The number of carbonyl (C=O) groups excluding carboxylic acids is 2. The van der Waals surface area contributed by atoms with Gasteiger partial charge in [-0.05, 0) is 31.2 Å². The Balaban J connectivity index is 1.70. The highest BCUT2D eigenvalue weighted by atomic mass is 32.2. The summed E-state index contributed by atoms with van der Waals surface area (Å²) >= 11 is 0. The minimum absolute atomic E-state index is 0.0592. The van der Waals surface area contributed by atoms with Crippen LogP contribution in [0.1, 0.15) is 23.0 Å². The first-order valence-electron chi connectivity index (χ1n) is 8.86. The molecule has 1 aromatic carbocycles. The van der Waals surface area contributed by atoms with Gasteiger partial charge in [0.05, 0.1) is 10.6 Å². The Kier molecular flexibility index (Phi) is 5.52. The molecule has 1 aromatic heterocycles. The molecule has 1 fully saturated rings. The molecule has 1 saturated heterocycles. The fourth-order valence-corrected chi connectivity index (χ4v) is 4.51. The van der Waals surface area contributed by atoms with Crippen molar-refractivity contribution in [2.45, 2.75) is 18.7 Å². The smallest absolute Gasteiger partial charge is 0.256 e. The van der Waals surface area contributed by atoms with E-state index in [0.717, 1.165) is 5.69 Å². The molecule has 1 aliphatic rings. The van der Waals surface area contributed by atoms with Crippen molar-refractivity contribution in [3.63, 3.8) is 0 Å². The predicted octanol–water partition coefficient (Wildman–Crippen LogP) is 0.834. The summed E-state index contributed by atoms with van der Waals surface area (Å²) in [5.41, 5.74) is 1.13. The molecule has 150 valence electrons. The van der Waals surface area contributed by atoms with Crippen LogP contribution in [0.3, 0.4) is 0 Å². The standard InChI is InChI=1S/C18H23N5O4S/c1-13-12-17(21(3)20-13)19-18(25)15-4-6-16(7-5-15)28(26,27)23-10-8-22(9-11-23)14(2)24/h4-7,12H,8-11H2,1-3H3,(H,19,25). The third-order valence-corrected chi connectivity index (χ3v) is 6.59. The Morgan fingerprint density at radius 2 is 1.68 bits per heavy atom. The Morgan fingerprint density at radius 3 is 2.18 bits per heavy atom. The summed E-state index contributed by atoms with van der Waals surface area (Å²) in [6.45, 7) is 4.55. The molecule has 0 radical (unpaired) electrons. The van der Waals surface area contributed by atoms with Gasteiger partial charge in [0.2, 0.25) is 15.9 Å². The number of nitrogens with zero attached hydrogens (tertiary/aromatic N) is 4. The van der Waals surface area contributed by atoms with Crippen LogP contribution in [0.15, 0.2) is 35.2 Å². The molecule has 10 heteroatoms. The Morgan fingerprint density at radius 1 is 1.07 bits per heavy atom. The van der Waals surface area contributed by atoms with Gasteiger partial charge in [0, 0.05) is 51.8 Å². The summed E-state index contributed by atoms with van der Waals surface area (Å²) < 4.78 is 28.5. The van der Waals surface area contributed by atoms with Gasteiger partial charge in [0.1, 0.15) is 5.82 Å². The largest absolute Gasteiger partial charge is 0.340 e. The number of benzene rings is 1. The van der Waals surface area contributed by atoms with Crippen molar-refractivity contribution in [1.29, 1.82) is 0 Å². The Labute approximate surface area is 164 Å². The maximum atomic E-state index is 12.8. The zero-order valence-electron chi connectivity index (χ0n) is 16.0. The van der Waals surface area contributed by atoms with Crippen LogP contribution in [0, 0.1) is 6.92 Å². The van der Waals surface area contributed by atoms with Gasteiger partial charge in [-0.15, -0.1) is 0 Å². The lowest BCUT2D eigenvalue weighted by molar-refractivity contribution is -0.129. The average Bonchev–Trinajstić information content (AvgIpc) is 2.98. The van der Waals surface area contributed by atoms with Crippen LogP contribution in [-0.2, 0) is 21.9 Å². The molecule has 2 aromatic rings. The topological polar surface area (TPSA) is 105 Å². The van der Waals surface area contributed by atoms with E-state index < -0.39 is 10.0 Å². The molecule has 0 atom stereocenters. The van der Waals surface area contributed by atoms with Crippen LogP contribution < -0.4 is 5.32 Å². The van der Waals surface area contributed by atoms with Crippen molar-refractivity contribution in [3.05, 3.63) is 41.6 Å². The highest BCUT2D eigenvalue weighted by molar-refractivity contribution is 7.89. The van der Waals surface area contributed by atoms with Crippen LogP contribution in [0.25, 0.3) is 0 Å². The first-order valence-corrected chi connectivity index (χ1v) is 10.3. The van der Waals surface area contributed by atoms with E-state index in [2.05, 4.69) is 10.4 Å². The lowest BCUT2D eigenvalue weighted by Crippen LogP contribution is -2.49. The summed E-state index contributed by atoms with van der Waals surface area (Å²) in [5, 5.41) is 6.91.